The quantitative estimate of drug-likeness (QED) is 0.900. The maximum atomic E-state index is 12.4. The molecule has 1 saturated heterocycles. The summed E-state index contributed by atoms with van der Waals surface area (Å²) >= 11 is 0. The number of aromatic carboxylic acids is 1. The molecule has 19 heavy (non-hydrogen) atoms. The normalized spacial score (nSPS) is 19.2. The number of benzene rings is 1. The van der Waals surface area contributed by atoms with Crippen LogP contribution in [0.15, 0.2) is 24.3 Å². The van der Waals surface area contributed by atoms with Crippen LogP contribution in [-0.4, -0.2) is 47.7 Å². The van der Waals surface area contributed by atoms with Crippen LogP contribution < -0.4 is 0 Å². The van der Waals surface area contributed by atoms with E-state index in [4.69, 9.17) is 9.84 Å². The molecule has 1 amide bonds. The molecular weight excluding hydrogens is 246 g/mol. The van der Waals surface area contributed by atoms with E-state index in [1.165, 1.54) is 6.07 Å². The van der Waals surface area contributed by atoms with Crippen LogP contribution in [0.2, 0.25) is 0 Å². The molecule has 0 aromatic heterocycles. The summed E-state index contributed by atoms with van der Waals surface area (Å²) in [5.74, 6) is -1.32. The van der Waals surface area contributed by atoms with Crippen molar-refractivity contribution in [2.75, 3.05) is 19.7 Å². The van der Waals surface area contributed by atoms with Gasteiger partial charge >= 0.3 is 5.97 Å². The highest BCUT2D eigenvalue weighted by molar-refractivity contribution is 6.04. The van der Waals surface area contributed by atoms with E-state index in [1.54, 1.807) is 23.1 Å². The Balaban J connectivity index is 2.22. The van der Waals surface area contributed by atoms with E-state index in [9.17, 15) is 9.59 Å². The minimum absolute atomic E-state index is 0.0368. The fourth-order valence-electron chi connectivity index (χ4n) is 2.18. The van der Waals surface area contributed by atoms with Crippen molar-refractivity contribution in [3.63, 3.8) is 0 Å². The smallest absolute Gasteiger partial charge is 0.336 e. The summed E-state index contributed by atoms with van der Waals surface area (Å²) in [5.41, 5.74) is 0.291. The first-order valence-corrected chi connectivity index (χ1v) is 6.36. The van der Waals surface area contributed by atoms with Gasteiger partial charge in [-0.15, -0.1) is 0 Å². The predicted molar refractivity (Wildman–Crippen MR) is 69.3 cm³/mol. The second-order valence-corrected chi connectivity index (χ2v) is 4.50. The first-order valence-electron chi connectivity index (χ1n) is 6.36. The van der Waals surface area contributed by atoms with Crippen LogP contribution >= 0.6 is 0 Å². The number of rotatable bonds is 3. The Hall–Kier alpha value is -1.88. The van der Waals surface area contributed by atoms with Crippen molar-refractivity contribution in [3.05, 3.63) is 35.4 Å². The molecular formula is C14H17NO4. The number of hydrogen-bond donors (Lipinski definition) is 1. The molecule has 1 heterocycles. The molecule has 1 aliphatic rings. The Kier molecular flexibility index (Phi) is 4.16. The van der Waals surface area contributed by atoms with E-state index in [0.29, 0.717) is 19.7 Å². The van der Waals surface area contributed by atoms with Crippen LogP contribution in [0.25, 0.3) is 0 Å². The standard InChI is InChI=1S/C14H17NO4/c1-2-10-9-15(7-8-19-10)13(16)11-5-3-4-6-12(11)14(17)18/h3-6,10H,2,7-9H2,1H3,(H,17,18)/t10-/m0/s1. The van der Waals surface area contributed by atoms with Crippen LogP contribution in [0, 0.1) is 0 Å². The lowest BCUT2D eigenvalue weighted by Crippen LogP contribution is -2.45. The zero-order chi connectivity index (χ0) is 13.8. The van der Waals surface area contributed by atoms with Gasteiger partial charge in [0, 0.05) is 13.1 Å². The minimum Gasteiger partial charge on any atom is -0.478 e. The lowest BCUT2D eigenvalue weighted by Gasteiger charge is -2.32. The number of carboxylic acids is 1. The predicted octanol–water partition coefficient (Wildman–Crippen LogP) is 1.64. The van der Waals surface area contributed by atoms with E-state index in [1.807, 2.05) is 6.92 Å². The van der Waals surface area contributed by atoms with Gasteiger partial charge in [-0.2, -0.15) is 0 Å². The summed E-state index contributed by atoms with van der Waals surface area (Å²) in [6, 6.07) is 6.31. The Bertz CT molecular complexity index is 486. The van der Waals surface area contributed by atoms with Crippen molar-refractivity contribution in [1.82, 2.24) is 4.90 Å². The van der Waals surface area contributed by atoms with Gasteiger partial charge in [-0.3, -0.25) is 4.79 Å². The summed E-state index contributed by atoms with van der Waals surface area (Å²) in [5, 5.41) is 9.12. The summed E-state index contributed by atoms with van der Waals surface area (Å²) < 4.78 is 5.51. The zero-order valence-corrected chi connectivity index (χ0v) is 10.8. The van der Waals surface area contributed by atoms with Crippen molar-refractivity contribution >= 4 is 11.9 Å². The molecule has 0 spiro atoms. The first kappa shape index (κ1) is 13.5. The Morgan fingerprint density at radius 3 is 2.68 bits per heavy atom. The second kappa shape index (κ2) is 5.84. The van der Waals surface area contributed by atoms with E-state index < -0.39 is 5.97 Å². The molecule has 1 fully saturated rings. The summed E-state index contributed by atoms with van der Waals surface area (Å²) in [4.78, 5) is 25.2. The lowest BCUT2D eigenvalue weighted by atomic mass is 10.1. The summed E-state index contributed by atoms with van der Waals surface area (Å²) in [6.45, 7) is 3.52. The van der Waals surface area contributed by atoms with Crippen molar-refractivity contribution < 1.29 is 19.4 Å². The average Bonchev–Trinajstić information content (AvgIpc) is 2.46. The van der Waals surface area contributed by atoms with Crippen LogP contribution in [0.1, 0.15) is 34.1 Å². The third-order valence-corrected chi connectivity index (χ3v) is 3.27. The van der Waals surface area contributed by atoms with Crippen molar-refractivity contribution in [2.24, 2.45) is 0 Å². The van der Waals surface area contributed by atoms with Gasteiger partial charge in [0.05, 0.1) is 23.8 Å². The monoisotopic (exact) mass is 263 g/mol. The number of ether oxygens (including phenoxy) is 1. The molecule has 1 N–H and O–H groups in total. The molecule has 5 nitrogen and oxygen atoms in total. The molecule has 0 unspecified atom stereocenters. The Morgan fingerprint density at radius 1 is 1.37 bits per heavy atom. The minimum atomic E-state index is -1.08. The SMILES string of the molecule is CC[C@H]1CN(C(=O)c2ccccc2C(=O)O)CCO1. The van der Waals surface area contributed by atoms with Gasteiger partial charge in [0.25, 0.3) is 5.91 Å². The Labute approximate surface area is 111 Å². The molecule has 5 heteroatoms. The highest BCUT2D eigenvalue weighted by Crippen LogP contribution is 2.15. The molecule has 1 aromatic carbocycles. The van der Waals surface area contributed by atoms with E-state index in [2.05, 4.69) is 0 Å². The third kappa shape index (κ3) is 2.93. The highest BCUT2D eigenvalue weighted by atomic mass is 16.5. The van der Waals surface area contributed by atoms with Crippen LogP contribution in [0.3, 0.4) is 0 Å². The molecule has 2 rings (SSSR count). The van der Waals surface area contributed by atoms with Crippen molar-refractivity contribution in [1.29, 1.82) is 0 Å². The maximum Gasteiger partial charge on any atom is 0.336 e. The fourth-order valence-corrected chi connectivity index (χ4v) is 2.18. The molecule has 102 valence electrons. The summed E-state index contributed by atoms with van der Waals surface area (Å²) in [7, 11) is 0. The number of carbonyl (C=O) groups is 2. The van der Waals surface area contributed by atoms with Gasteiger partial charge < -0.3 is 14.7 Å². The van der Waals surface area contributed by atoms with Crippen LogP contribution in [-0.2, 0) is 4.74 Å². The number of hydrogen-bond acceptors (Lipinski definition) is 3. The maximum absolute atomic E-state index is 12.4. The van der Waals surface area contributed by atoms with E-state index >= 15 is 0 Å². The molecule has 1 aliphatic heterocycles. The Morgan fingerprint density at radius 2 is 2.05 bits per heavy atom. The number of morpholine rings is 1. The van der Waals surface area contributed by atoms with E-state index in [0.717, 1.165) is 6.42 Å². The average molecular weight is 263 g/mol. The molecule has 1 aromatic rings. The lowest BCUT2D eigenvalue weighted by molar-refractivity contribution is -0.0226. The van der Waals surface area contributed by atoms with Gasteiger partial charge in [-0.1, -0.05) is 19.1 Å². The van der Waals surface area contributed by atoms with Crippen LogP contribution in [0.4, 0.5) is 0 Å². The van der Waals surface area contributed by atoms with Gasteiger partial charge in [-0.05, 0) is 18.6 Å². The van der Waals surface area contributed by atoms with Crippen molar-refractivity contribution in [2.45, 2.75) is 19.4 Å². The molecule has 0 saturated carbocycles. The third-order valence-electron chi connectivity index (χ3n) is 3.27. The number of nitrogens with zero attached hydrogens (tertiary/aromatic N) is 1. The molecule has 0 bridgehead atoms. The van der Waals surface area contributed by atoms with Crippen molar-refractivity contribution in [3.8, 4) is 0 Å². The number of amides is 1. The van der Waals surface area contributed by atoms with Gasteiger partial charge in [0.15, 0.2) is 0 Å². The highest BCUT2D eigenvalue weighted by Gasteiger charge is 2.26. The topological polar surface area (TPSA) is 66.8 Å². The molecule has 1 atom stereocenters. The van der Waals surface area contributed by atoms with Gasteiger partial charge in [0.2, 0.25) is 0 Å². The molecule has 0 radical (unpaired) electrons. The van der Waals surface area contributed by atoms with Crippen LogP contribution in [0.5, 0.6) is 0 Å². The first-order chi connectivity index (χ1) is 9.13. The number of carbonyl (C=O) groups excluding carboxylic acids is 1. The van der Waals surface area contributed by atoms with Gasteiger partial charge in [-0.25, -0.2) is 4.79 Å². The largest absolute Gasteiger partial charge is 0.478 e. The number of carboxylic acid groups (broad SMARTS) is 1. The fraction of sp³-hybridized carbons (Fsp3) is 0.429. The van der Waals surface area contributed by atoms with E-state index in [-0.39, 0.29) is 23.1 Å². The second-order valence-electron chi connectivity index (χ2n) is 4.50. The summed E-state index contributed by atoms with van der Waals surface area (Å²) in [6.07, 6.45) is 0.874. The zero-order valence-electron chi connectivity index (χ0n) is 10.8. The van der Waals surface area contributed by atoms with Gasteiger partial charge in [0.1, 0.15) is 0 Å². The molecule has 0 aliphatic carbocycles.